The largest absolute Gasteiger partial charge is 0.369 e. The zero-order valence-electron chi connectivity index (χ0n) is 24.1. The van der Waals surface area contributed by atoms with Gasteiger partial charge in [0.25, 0.3) is 0 Å². The van der Waals surface area contributed by atoms with E-state index in [1.54, 1.807) is 0 Å². The van der Waals surface area contributed by atoms with Crippen LogP contribution in [0.3, 0.4) is 0 Å². The Morgan fingerprint density at radius 1 is 0.950 bits per heavy atom. The van der Waals surface area contributed by atoms with Crippen molar-refractivity contribution in [2.24, 2.45) is 23.5 Å². The van der Waals surface area contributed by atoms with Crippen molar-refractivity contribution in [3.05, 3.63) is 72.3 Å². The van der Waals surface area contributed by atoms with E-state index in [0.29, 0.717) is 32.4 Å². The molecular formula is C34H43N3O3. The summed E-state index contributed by atoms with van der Waals surface area (Å²) in [5, 5.41) is 5.44. The van der Waals surface area contributed by atoms with Gasteiger partial charge in [-0.3, -0.25) is 14.4 Å². The molecule has 0 aromatic heterocycles. The molecule has 6 heteroatoms. The molecule has 1 saturated heterocycles. The van der Waals surface area contributed by atoms with Gasteiger partial charge in [0.15, 0.2) is 0 Å². The summed E-state index contributed by atoms with van der Waals surface area (Å²) in [4.78, 5) is 41.3. The Balaban J connectivity index is 1.49. The van der Waals surface area contributed by atoms with E-state index in [4.69, 9.17) is 5.73 Å². The van der Waals surface area contributed by atoms with Crippen molar-refractivity contribution >= 4 is 28.5 Å². The van der Waals surface area contributed by atoms with Gasteiger partial charge in [-0.25, -0.2) is 0 Å². The summed E-state index contributed by atoms with van der Waals surface area (Å²) >= 11 is 0. The number of hydrogen-bond donors (Lipinski definition) is 2. The molecular weight excluding hydrogens is 498 g/mol. The Morgan fingerprint density at radius 3 is 2.42 bits per heavy atom. The van der Waals surface area contributed by atoms with Crippen molar-refractivity contribution in [2.75, 3.05) is 6.54 Å². The van der Waals surface area contributed by atoms with E-state index in [2.05, 4.69) is 53.8 Å². The molecule has 1 aliphatic rings. The van der Waals surface area contributed by atoms with E-state index in [-0.39, 0.29) is 17.7 Å². The molecule has 212 valence electrons. The number of hydrogen-bond acceptors (Lipinski definition) is 3. The molecule has 1 fully saturated rings. The Morgan fingerprint density at radius 2 is 1.70 bits per heavy atom. The Hall–Kier alpha value is -3.67. The van der Waals surface area contributed by atoms with Gasteiger partial charge in [0, 0.05) is 24.9 Å². The van der Waals surface area contributed by atoms with E-state index < -0.39 is 23.8 Å². The van der Waals surface area contributed by atoms with Crippen LogP contribution in [0, 0.1) is 17.8 Å². The fraction of sp³-hybridized carbons (Fsp3) is 0.441. The van der Waals surface area contributed by atoms with Gasteiger partial charge in [0.05, 0.1) is 0 Å². The number of likely N-dealkylation sites (tertiary alicyclic amines) is 1. The van der Waals surface area contributed by atoms with Crippen LogP contribution in [0.1, 0.15) is 64.9 Å². The van der Waals surface area contributed by atoms with Crippen LogP contribution in [0.25, 0.3) is 21.9 Å². The molecule has 0 radical (unpaired) electrons. The lowest BCUT2D eigenvalue weighted by molar-refractivity contribution is -0.139. The monoisotopic (exact) mass is 541 g/mol. The smallest absolute Gasteiger partial charge is 0.245 e. The molecule has 1 heterocycles. The minimum Gasteiger partial charge on any atom is -0.369 e. The van der Waals surface area contributed by atoms with Crippen LogP contribution in [-0.4, -0.2) is 35.2 Å². The highest BCUT2D eigenvalue weighted by molar-refractivity contribution is 5.91. The number of nitrogens with one attached hydrogen (secondary N) is 1. The van der Waals surface area contributed by atoms with E-state index in [1.807, 2.05) is 43.9 Å². The maximum absolute atomic E-state index is 13.7. The molecule has 40 heavy (non-hydrogen) atoms. The lowest BCUT2D eigenvalue weighted by Gasteiger charge is -2.29. The molecule has 0 aliphatic carbocycles. The van der Waals surface area contributed by atoms with E-state index >= 15 is 0 Å². The van der Waals surface area contributed by atoms with Crippen molar-refractivity contribution in [1.82, 2.24) is 10.2 Å². The fourth-order valence-corrected chi connectivity index (χ4v) is 5.93. The van der Waals surface area contributed by atoms with Gasteiger partial charge in [0.2, 0.25) is 17.7 Å². The quantitative estimate of drug-likeness (QED) is 0.309. The number of nitrogens with zero attached hydrogens (tertiary/aromatic N) is 1. The summed E-state index contributed by atoms with van der Waals surface area (Å²) in [6.45, 7) is 7.20. The minimum absolute atomic E-state index is 0.0589. The van der Waals surface area contributed by atoms with Gasteiger partial charge in [-0.15, -0.1) is 0 Å². The molecule has 0 spiro atoms. The zero-order chi connectivity index (χ0) is 28.6. The number of nitrogens with two attached hydrogens (primary N) is 1. The standard InChI is InChI=1S/C34H43N3O3/c1-4-10-29(32(35)38)30(19-23(2)3)33(39)36-31-15-7-8-18-37(34(31)40)22-24-11-9-14-26(20-24)28-17-16-25-12-5-6-13-27(25)21-28/h5-6,9,11-14,16-17,20-21,23,29-31H,4,7-8,10,15,18-19,22H2,1-3H3,(H2,35,38)(H,36,39)/t29?,30?,31-/m0/s1. The number of benzene rings is 3. The highest BCUT2D eigenvalue weighted by atomic mass is 16.2. The Labute approximate surface area is 238 Å². The third kappa shape index (κ3) is 7.29. The van der Waals surface area contributed by atoms with Crippen LogP contribution >= 0.6 is 0 Å². The van der Waals surface area contributed by atoms with E-state index in [1.165, 1.54) is 10.8 Å². The molecule has 4 rings (SSSR count). The lowest BCUT2D eigenvalue weighted by atomic mass is 9.81. The molecule has 1 aliphatic heterocycles. The van der Waals surface area contributed by atoms with Crippen LogP contribution in [0.15, 0.2) is 66.7 Å². The molecule has 3 atom stereocenters. The van der Waals surface area contributed by atoms with Crippen molar-refractivity contribution in [2.45, 2.75) is 71.9 Å². The minimum atomic E-state index is -0.594. The predicted molar refractivity (Wildman–Crippen MR) is 161 cm³/mol. The molecule has 6 nitrogen and oxygen atoms in total. The normalized spacial score (nSPS) is 17.4. The first-order chi connectivity index (χ1) is 19.3. The SMILES string of the molecule is CCCC(C(N)=O)C(CC(C)C)C(=O)N[C@H]1CCCCN(Cc2cccc(-c3ccc4ccccc4c3)c2)C1=O. The third-order valence-corrected chi connectivity index (χ3v) is 7.99. The molecule has 0 saturated carbocycles. The maximum Gasteiger partial charge on any atom is 0.245 e. The van der Waals surface area contributed by atoms with E-state index in [0.717, 1.165) is 36.0 Å². The molecule has 0 bridgehead atoms. The Kier molecular flexibility index (Phi) is 9.97. The second-order valence-electron chi connectivity index (χ2n) is 11.6. The van der Waals surface area contributed by atoms with Gasteiger partial charge >= 0.3 is 0 Å². The fourth-order valence-electron chi connectivity index (χ4n) is 5.93. The van der Waals surface area contributed by atoms with Crippen molar-refractivity contribution < 1.29 is 14.4 Å². The summed E-state index contributed by atoms with van der Waals surface area (Å²) < 4.78 is 0. The first-order valence-electron chi connectivity index (χ1n) is 14.7. The van der Waals surface area contributed by atoms with Crippen LogP contribution in [-0.2, 0) is 20.9 Å². The predicted octanol–water partition coefficient (Wildman–Crippen LogP) is 6.07. The summed E-state index contributed by atoms with van der Waals surface area (Å²) in [5.41, 5.74) is 9.02. The molecule has 3 amide bonds. The van der Waals surface area contributed by atoms with Gasteiger partial charge in [0.1, 0.15) is 6.04 Å². The molecule has 2 unspecified atom stereocenters. The van der Waals surface area contributed by atoms with Gasteiger partial charge in [-0.05, 0) is 77.6 Å². The van der Waals surface area contributed by atoms with Crippen LogP contribution in [0.4, 0.5) is 0 Å². The number of fused-ring (bicyclic) bond motifs is 1. The highest BCUT2D eigenvalue weighted by Gasteiger charge is 2.35. The zero-order valence-corrected chi connectivity index (χ0v) is 24.1. The van der Waals surface area contributed by atoms with Gasteiger partial charge in [-0.1, -0.05) is 81.8 Å². The number of carbonyl (C=O) groups is 3. The molecule has 3 aromatic rings. The number of primary amides is 1. The lowest BCUT2D eigenvalue weighted by Crippen LogP contribution is -2.50. The Bertz CT molecular complexity index is 1330. The summed E-state index contributed by atoms with van der Waals surface area (Å²) in [6, 6.07) is 22.5. The third-order valence-electron chi connectivity index (χ3n) is 7.99. The average molecular weight is 542 g/mol. The number of carbonyl (C=O) groups excluding carboxylic acids is 3. The maximum atomic E-state index is 13.7. The van der Waals surface area contributed by atoms with Crippen molar-refractivity contribution in [1.29, 1.82) is 0 Å². The molecule has 3 N–H and O–H groups in total. The van der Waals surface area contributed by atoms with Crippen molar-refractivity contribution in [3.63, 3.8) is 0 Å². The topological polar surface area (TPSA) is 92.5 Å². The molecule has 3 aromatic carbocycles. The second kappa shape index (κ2) is 13.6. The first-order valence-corrected chi connectivity index (χ1v) is 14.7. The number of amides is 3. The van der Waals surface area contributed by atoms with Gasteiger partial charge in [-0.2, -0.15) is 0 Å². The number of rotatable bonds is 11. The van der Waals surface area contributed by atoms with Crippen molar-refractivity contribution in [3.8, 4) is 11.1 Å². The van der Waals surface area contributed by atoms with E-state index in [9.17, 15) is 14.4 Å². The average Bonchev–Trinajstić information content (AvgIpc) is 3.11. The first kappa shape index (κ1) is 29.3. The summed E-state index contributed by atoms with van der Waals surface area (Å²) in [5.74, 6) is -1.56. The van der Waals surface area contributed by atoms with Crippen LogP contribution in [0.2, 0.25) is 0 Å². The second-order valence-corrected chi connectivity index (χ2v) is 11.6. The highest BCUT2D eigenvalue weighted by Crippen LogP contribution is 2.28. The van der Waals surface area contributed by atoms with Crippen LogP contribution in [0.5, 0.6) is 0 Å². The van der Waals surface area contributed by atoms with Gasteiger partial charge < -0.3 is 16.0 Å². The summed E-state index contributed by atoms with van der Waals surface area (Å²) in [7, 11) is 0. The summed E-state index contributed by atoms with van der Waals surface area (Å²) in [6.07, 6.45) is 4.24. The van der Waals surface area contributed by atoms with Crippen LogP contribution < -0.4 is 11.1 Å².